The Balaban J connectivity index is 0.00000225. The Kier molecular flexibility index (Phi) is 7.78. The number of aromatic nitrogens is 3. The van der Waals surface area contributed by atoms with Crippen LogP contribution < -0.4 is 26.4 Å². The van der Waals surface area contributed by atoms with Gasteiger partial charge in [0.05, 0.1) is 0 Å². The Morgan fingerprint density at radius 1 is 0.960 bits per heavy atom. The standard InChI is InChI=1S/C18H24N5O.BrH/c24-17(7-2-5-12-21-10-3-1-4-11-21)22-13-15-23(16-14-22)18-19-8-6-9-20-18;/h1,3-4,6,8-11H,2,5,7,12-16H2;1H/q+1;/p-1. The van der Waals surface area contributed by atoms with Crippen LogP contribution in [0.4, 0.5) is 5.95 Å². The Bertz CT molecular complexity index is 632. The summed E-state index contributed by atoms with van der Waals surface area (Å²) in [6.07, 6.45) is 10.2. The summed E-state index contributed by atoms with van der Waals surface area (Å²) in [6, 6.07) is 7.89. The van der Waals surface area contributed by atoms with Crippen LogP contribution in [0.5, 0.6) is 0 Å². The van der Waals surface area contributed by atoms with Crippen LogP contribution in [0.15, 0.2) is 49.1 Å². The third kappa shape index (κ3) is 5.77. The molecule has 1 amide bonds. The highest BCUT2D eigenvalue weighted by Crippen LogP contribution is 2.11. The number of pyridine rings is 1. The van der Waals surface area contributed by atoms with E-state index in [-0.39, 0.29) is 22.9 Å². The number of carbonyl (C=O) groups excluding carboxylic acids is 1. The van der Waals surface area contributed by atoms with Crippen molar-refractivity contribution in [2.24, 2.45) is 0 Å². The summed E-state index contributed by atoms with van der Waals surface area (Å²) < 4.78 is 2.16. The zero-order valence-corrected chi connectivity index (χ0v) is 15.9. The SMILES string of the molecule is O=C(CCCC[n+]1ccccc1)N1CCN(c2ncccn2)CC1.[Br-]. The van der Waals surface area contributed by atoms with E-state index in [9.17, 15) is 4.79 Å². The van der Waals surface area contributed by atoms with Crippen LogP contribution in [0.25, 0.3) is 0 Å². The summed E-state index contributed by atoms with van der Waals surface area (Å²) >= 11 is 0. The number of hydrogen-bond acceptors (Lipinski definition) is 4. The van der Waals surface area contributed by atoms with E-state index >= 15 is 0 Å². The second-order valence-corrected chi connectivity index (χ2v) is 5.99. The van der Waals surface area contributed by atoms with Gasteiger partial charge < -0.3 is 26.8 Å². The summed E-state index contributed by atoms with van der Waals surface area (Å²) in [7, 11) is 0. The maximum atomic E-state index is 12.3. The van der Waals surface area contributed by atoms with Gasteiger partial charge in [0.25, 0.3) is 0 Å². The molecule has 0 spiro atoms. The molecule has 7 heteroatoms. The Morgan fingerprint density at radius 2 is 1.64 bits per heavy atom. The molecule has 1 fully saturated rings. The summed E-state index contributed by atoms with van der Waals surface area (Å²) in [5.41, 5.74) is 0. The van der Waals surface area contributed by atoms with Crippen molar-refractivity contribution in [2.75, 3.05) is 31.1 Å². The minimum Gasteiger partial charge on any atom is -1.00 e. The number of carbonyl (C=O) groups is 1. The Morgan fingerprint density at radius 3 is 2.32 bits per heavy atom. The first-order valence-corrected chi connectivity index (χ1v) is 8.57. The molecule has 0 radical (unpaired) electrons. The zero-order valence-electron chi connectivity index (χ0n) is 14.3. The number of rotatable bonds is 6. The molecule has 3 rings (SSSR count). The van der Waals surface area contributed by atoms with Gasteiger partial charge in [0.2, 0.25) is 11.9 Å². The number of hydrogen-bond donors (Lipinski definition) is 0. The quantitative estimate of drug-likeness (QED) is 0.424. The number of anilines is 1. The van der Waals surface area contributed by atoms with Crippen molar-refractivity contribution in [2.45, 2.75) is 25.8 Å². The van der Waals surface area contributed by atoms with Gasteiger partial charge in [-0.2, -0.15) is 0 Å². The van der Waals surface area contributed by atoms with E-state index in [4.69, 9.17) is 0 Å². The molecule has 6 nitrogen and oxygen atoms in total. The average molecular weight is 406 g/mol. The largest absolute Gasteiger partial charge is 1.00 e. The van der Waals surface area contributed by atoms with E-state index in [1.54, 1.807) is 12.4 Å². The Hall–Kier alpha value is -2.02. The van der Waals surface area contributed by atoms with Crippen LogP contribution in [-0.2, 0) is 11.3 Å². The molecule has 2 aromatic rings. The predicted octanol–water partition coefficient (Wildman–Crippen LogP) is -1.71. The lowest BCUT2D eigenvalue weighted by molar-refractivity contribution is -0.697. The molecule has 134 valence electrons. The van der Waals surface area contributed by atoms with Gasteiger partial charge in [0, 0.05) is 63.5 Å². The van der Waals surface area contributed by atoms with Crippen LogP contribution >= 0.6 is 0 Å². The highest BCUT2D eigenvalue weighted by molar-refractivity contribution is 5.76. The van der Waals surface area contributed by atoms with Crippen molar-refractivity contribution in [1.82, 2.24) is 14.9 Å². The van der Waals surface area contributed by atoms with E-state index < -0.39 is 0 Å². The van der Waals surface area contributed by atoms with Crippen LogP contribution in [0.3, 0.4) is 0 Å². The molecule has 0 unspecified atom stereocenters. The lowest BCUT2D eigenvalue weighted by atomic mass is 10.2. The fourth-order valence-electron chi connectivity index (χ4n) is 2.92. The molecule has 1 saturated heterocycles. The molecule has 1 aliphatic heterocycles. The molecule has 0 bridgehead atoms. The summed E-state index contributed by atoms with van der Waals surface area (Å²) in [6.45, 7) is 4.08. The second kappa shape index (κ2) is 10.1. The average Bonchev–Trinajstić information content (AvgIpc) is 2.67. The van der Waals surface area contributed by atoms with Crippen LogP contribution in [0.1, 0.15) is 19.3 Å². The first-order chi connectivity index (χ1) is 11.8. The van der Waals surface area contributed by atoms with Gasteiger partial charge >= 0.3 is 0 Å². The number of unbranched alkanes of at least 4 members (excludes halogenated alkanes) is 1. The number of halogens is 1. The fraction of sp³-hybridized carbons (Fsp3) is 0.444. The van der Waals surface area contributed by atoms with E-state index in [1.807, 2.05) is 29.2 Å². The highest BCUT2D eigenvalue weighted by atomic mass is 79.9. The molecule has 0 aliphatic carbocycles. The van der Waals surface area contributed by atoms with Gasteiger partial charge in [0.1, 0.15) is 6.54 Å². The lowest BCUT2D eigenvalue weighted by Crippen LogP contribution is -3.00. The van der Waals surface area contributed by atoms with E-state index in [2.05, 4.69) is 31.8 Å². The predicted molar refractivity (Wildman–Crippen MR) is 91.3 cm³/mol. The molecule has 1 aliphatic rings. The first kappa shape index (κ1) is 19.3. The fourth-order valence-corrected chi connectivity index (χ4v) is 2.92. The summed E-state index contributed by atoms with van der Waals surface area (Å²) in [4.78, 5) is 25.0. The van der Waals surface area contributed by atoms with Crippen LogP contribution in [0, 0.1) is 0 Å². The number of nitrogens with zero attached hydrogens (tertiary/aromatic N) is 5. The maximum absolute atomic E-state index is 12.3. The van der Waals surface area contributed by atoms with Crippen LogP contribution in [0.2, 0.25) is 0 Å². The zero-order chi connectivity index (χ0) is 16.6. The van der Waals surface area contributed by atoms with Crippen molar-refractivity contribution in [3.63, 3.8) is 0 Å². The normalized spacial score (nSPS) is 14.1. The molecule has 0 aromatic carbocycles. The smallest absolute Gasteiger partial charge is 0.225 e. The third-order valence-corrected chi connectivity index (χ3v) is 4.30. The van der Waals surface area contributed by atoms with Crippen molar-refractivity contribution in [3.05, 3.63) is 49.1 Å². The van der Waals surface area contributed by atoms with E-state index in [0.29, 0.717) is 6.42 Å². The van der Waals surface area contributed by atoms with E-state index in [1.165, 1.54) is 0 Å². The topological polar surface area (TPSA) is 53.2 Å². The van der Waals surface area contributed by atoms with Crippen molar-refractivity contribution in [3.8, 4) is 0 Å². The van der Waals surface area contributed by atoms with Crippen molar-refractivity contribution in [1.29, 1.82) is 0 Å². The van der Waals surface area contributed by atoms with Gasteiger partial charge in [-0.25, -0.2) is 14.5 Å². The van der Waals surface area contributed by atoms with Gasteiger partial charge in [0.15, 0.2) is 12.4 Å². The van der Waals surface area contributed by atoms with Gasteiger partial charge in [-0.1, -0.05) is 6.07 Å². The number of aryl methyl sites for hydroxylation is 1. The van der Waals surface area contributed by atoms with Crippen molar-refractivity contribution >= 4 is 11.9 Å². The second-order valence-electron chi connectivity index (χ2n) is 5.99. The van der Waals surface area contributed by atoms with Crippen molar-refractivity contribution < 1.29 is 26.3 Å². The molecule has 0 atom stereocenters. The van der Waals surface area contributed by atoms with Gasteiger partial charge in [-0.3, -0.25) is 4.79 Å². The molecule has 25 heavy (non-hydrogen) atoms. The highest BCUT2D eigenvalue weighted by Gasteiger charge is 2.21. The lowest BCUT2D eigenvalue weighted by Gasteiger charge is -2.34. The number of piperazine rings is 1. The molecule has 0 saturated carbocycles. The molecule has 2 aromatic heterocycles. The monoisotopic (exact) mass is 405 g/mol. The minimum atomic E-state index is 0. The third-order valence-electron chi connectivity index (χ3n) is 4.30. The first-order valence-electron chi connectivity index (χ1n) is 8.57. The Labute approximate surface area is 159 Å². The molecular weight excluding hydrogens is 382 g/mol. The number of amides is 1. The summed E-state index contributed by atoms with van der Waals surface area (Å²) in [5.74, 6) is 1.02. The molecule has 3 heterocycles. The van der Waals surface area contributed by atoms with E-state index in [0.717, 1.165) is 51.5 Å². The summed E-state index contributed by atoms with van der Waals surface area (Å²) in [5, 5.41) is 0. The minimum absolute atomic E-state index is 0. The van der Waals surface area contributed by atoms with Gasteiger partial charge in [-0.05, 0) is 12.5 Å². The molecular formula is C18H24BrN5O. The van der Waals surface area contributed by atoms with Crippen LogP contribution in [-0.4, -0.2) is 47.0 Å². The molecule has 0 N–H and O–H groups in total. The maximum Gasteiger partial charge on any atom is 0.225 e. The van der Waals surface area contributed by atoms with Gasteiger partial charge in [-0.15, -0.1) is 0 Å².